The van der Waals surface area contributed by atoms with E-state index in [0.29, 0.717) is 28.1 Å². The summed E-state index contributed by atoms with van der Waals surface area (Å²) in [4.78, 5) is 26.4. The van der Waals surface area contributed by atoms with Gasteiger partial charge < -0.3 is 14.4 Å². The van der Waals surface area contributed by atoms with Gasteiger partial charge in [-0.1, -0.05) is 47.4 Å². The van der Waals surface area contributed by atoms with Crippen LogP contribution in [-0.2, 0) is 4.79 Å². The Morgan fingerprint density at radius 3 is 2.79 bits per heavy atom. The van der Waals surface area contributed by atoms with Gasteiger partial charge in [-0.15, -0.1) is 0 Å². The Hall–Kier alpha value is -3.12. The number of carbonyl (C=O) groups excluding carboxylic acids is 1. The van der Waals surface area contributed by atoms with Crippen molar-refractivity contribution >= 4 is 45.0 Å². The van der Waals surface area contributed by atoms with Crippen LogP contribution in [0.5, 0.6) is 0 Å². The van der Waals surface area contributed by atoms with E-state index in [-0.39, 0.29) is 23.4 Å². The first-order valence-corrected chi connectivity index (χ1v) is 11.8. The van der Waals surface area contributed by atoms with Crippen LogP contribution in [0.1, 0.15) is 49.5 Å². The van der Waals surface area contributed by atoms with Crippen molar-refractivity contribution in [2.75, 3.05) is 5.32 Å². The number of hydrogen-bond donors (Lipinski definition) is 1. The maximum absolute atomic E-state index is 13.6. The smallest absolute Gasteiger partial charge is 0.264 e. The number of hydrogen-bond acceptors (Lipinski definition) is 4. The molecule has 1 aliphatic carbocycles. The first-order chi connectivity index (χ1) is 15.9. The van der Waals surface area contributed by atoms with Crippen LogP contribution in [0.2, 0.25) is 5.02 Å². The molecule has 7 heteroatoms. The van der Waals surface area contributed by atoms with E-state index >= 15 is 0 Å². The Balaban J connectivity index is 1.46. The molecule has 0 bridgehead atoms. The number of benzene rings is 2. The number of anilines is 1. The molecule has 1 saturated carbocycles. The number of pyridine rings is 1. The zero-order valence-electron chi connectivity index (χ0n) is 18.7. The van der Waals surface area contributed by atoms with E-state index in [2.05, 4.69) is 10.5 Å². The van der Waals surface area contributed by atoms with Crippen LogP contribution in [0.15, 0.2) is 51.8 Å². The third kappa shape index (κ3) is 3.93. The molecule has 5 rings (SSSR count). The number of aromatic nitrogens is 2. The highest BCUT2D eigenvalue weighted by Crippen LogP contribution is 2.38. The monoisotopic (exact) mass is 463 g/mol. The lowest BCUT2D eigenvalue weighted by Crippen LogP contribution is -2.30. The van der Waals surface area contributed by atoms with Crippen LogP contribution in [0.25, 0.3) is 21.8 Å². The van der Waals surface area contributed by atoms with Gasteiger partial charge >= 0.3 is 0 Å². The minimum atomic E-state index is -0.103. The maximum Gasteiger partial charge on any atom is 0.264 e. The van der Waals surface area contributed by atoms with Gasteiger partial charge in [0.1, 0.15) is 16.7 Å². The van der Waals surface area contributed by atoms with E-state index in [1.165, 1.54) is 0 Å². The van der Waals surface area contributed by atoms with Gasteiger partial charge in [-0.2, -0.15) is 0 Å². The summed E-state index contributed by atoms with van der Waals surface area (Å²) in [6.45, 7) is 3.74. The number of halogens is 1. The van der Waals surface area contributed by atoms with Gasteiger partial charge in [0.2, 0.25) is 5.91 Å². The summed E-state index contributed by atoms with van der Waals surface area (Å²) >= 11 is 6.55. The van der Waals surface area contributed by atoms with E-state index in [0.717, 1.165) is 47.8 Å². The molecule has 1 N–H and O–H groups in total. The molecule has 0 spiro atoms. The normalized spacial score (nSPS) is 18.6. The Kier molecular flexibility index (Phi) is 5.71. The lowest BCUT2D eigenvalue weighted by atomic mass is 9.83. The SMILES string of the molecule is Cc1ccccc1NC(=O)C[C@@H]1CCC[C@H](n2c(=O)c3c(C)onc3c3c(Cl)cccc32)C1. The van der Waals surface area contributed by atoms with Crippen LogP contribution in [0.4, 0.5) is 5.69 Å². The molecule has 0 radical (unpaired) electrons. The van der Waals surface area contributed by atoms with Gasteiger partial charge in [0, 0.05) is 23.5 Å². The van der Waals surface area contributed by atoms with Gasteiger partial charge in [0.25, 0.3) is 5.56 Å². The molecule has 2 atom stereocenters. The fraction of sp³-hybridized carbons (Fsp3) is 0.346. The molecule has 0 unspecified atom stereocenters. The van der Waals surface area contributed by atoms with E-state index in [1.54, 1.807) is 6.92 Å². The second-order valence-electron chi connectivity index (χ2n) is 9.03. The minimum Gasteiger partial charge on any atom is -0.360 e. The molecule has 2 heterocycles. The zero-order valence-corrected chi connectivity index (χ0v) is 19.5. The highest BCUT2D eigenvalue weighted by Gasteiger charge is 2.29. The number of amides is 1. The van der Waals surface area contributed by atoms with Crippen molar-refractivity contribution in [1.82, 2.24) is 9.72 Å². The molecule has 1 amide bonds. The van der Waals surface area contributed by atoms with E-state index in [9.17, 15) is 9.59 Å². The number of nitrogens with one attached hydrogen (secondary N) is 1. The Labute approximate surface area is 196 Å². The molecule has 2 aromatic carbocycles. The van der Waals surface area contributed by atoms with Gasteiger partial charge in [-0.3, -0.25) is 9.59 Å². The molecule has 6 nitrogen and oxygen atoms in total. The predicted octanol–water partition coefficient (Wildman–Crippen LogP) is 6.17. The third-order valence-electron chi connectivity index (χ3n) is 6.80. The zero-order chi connectivity index (χ0) is 23.1. The summed E-state index contributed by atoms with van der Waals surface area (Å²) in [6, 6.07) is 13.4. The summed E-state index contributed by atoms with van der Waals surface area (Å²) in [5.74, 6) is 0.712. The van der Waals surface area contributed by atoms with Crippen molar-refractivity contribution in [3.05, 3.63) is 69.2 Å². The summed E-state index contributed by atoms with van der Waals surface area (Å²) < 4.78 is 7.23. The quantitative estimate of drug-likeness (QED) is 0.392. The molecule has 0 saturated heterocycles. The molecule has 1 aliphatic rings. The van der Waals surface area contributed by atoms with Crippen LogP contribution >= 0.6 is 11.6 Å². The fourth-order valence-electron chi connectivity index (χ4n) is 5.19. The summed E-state index contributed by atoms with van der Waals surface area (Å²) in [5, 5.41) is 8.94. The predicted molar refractivity (Wildman–Crippen MR) is 131 cm³/mol. The minimum absolute atomic E-state index is 0.0119. The van der Waals surface area contributed by atoms with Crippen LogP contribution in [-0.4, -0.2) is 15.6 Å². The number of aryl methyl sites for hydroxylation is 2. The lowest BCUT2D eigenvalue weighted by molar-refractivity contribution is -0.117. The second-order valence-corrected chi connectivity index (χ2v) is 9.43. The van der Waals surface area contributed by atoms with Crippen molar-refractivity contribution in [2.45, 2.75) is 52.0 Å². The van der Waals surface area contributed by atoms with Crippen molar-refractivity contribution < 1.29 is 9.32 Å². The van der Waals surface area contributed by atoms with Gasteiger partial charge in [0.15, 0.2) is 0 Å². The Morgan fingerprint density at radius 2 is 1.97 bits per heavy atom. The third-order valence-corrected chi connectivity index (χ3v) is 7.11. The van der Waals surface area contributed by atoms with Crippen molar-refractivity contribution in [2.24, 2.45) is 5.92 Å². The molecular weight excluding hydrogens is 438 g/mol. The number of rotatable bonds is 4. The summed E-state index contributed by atoms with van der Waals surface area (Å²) in [5.41, 5.74) is 3.07. The number of fused-ring (bicyclic) bond motifs is 3. The largest absolute Gasteiger partial charge is 0.360 e. The average molecular weight is 464 g/mol. The van der Waals surface area contributed by atoms with Gasteiger partial charge in [-0.25, -0.2) is 0 Å². The van der Waals surface area contributed by atoms with E-state index in [4.69, 9.17) is 16.1 Å². The standard InChI is InChI=1S/C26H26ClN3O3/c1-15-7-3-4-11-20(15)28-22(31)14-17-8-5-9-18(13-17)30-21-12-6-10-19(27)24(21)25-23(26(30)32)16(2)33-29-25/h3-4,6-7,10-12,17-18H,5,8-9,13-14H2,1-2H3,(H,28,31)/t17-,18+/m1/s1. The molecule has 0 aliphatic heterocycles. The van der Waals surface area contributed by atoms with Gasteiger partial charge in [-0.05, 0) is 62.8 Å². The summed E-state index contributed by atoms with van der Waals surface area (Å²) in [6.07, 6.45) is 4.01. The highest BCUT2D eigenvalue weighted by molar-refractivity contribution is 6.37. The molecular formula is C26H26ClN3O3. The number of carbonyl (C=O) groups is 1. The van der Waals surface area contributed by atoms with Crippen LogP contribution < -0.4 is 10.9 Å². The second kappa shape index (κ2) is 8.67. The Bertz CT molecular complexity index is 1420. The molecule has 170 valence electrons. The lowest BCUT2D eigenvalue weighted by Gasteiger charge is -2.31. The first-order valence-electron chi connectivity index (χ1n) is 11.4. The van der Waals surface area contributed by atoms with E-state index in [1.807, 2.05) is 54.0 Å². The molecule has 1 fully saturated rings. The molecule has 4 aromatic rings. The fourth-order valence-corrected chi connectivity index (χ4v) is 5.45. The van der Waals surface area contributed by atoms with Gasteiger partial charge in [0.05, 0.1) is 10.5 Å². The van der Waals surface area contributed by atoms with Crippen molar-refractivity contribution in [3.8, 4) is 0 Å². The van der Waals surface area contributed by atoms with Crippen LogP contribution in [0.3, 0.4) is 0 Å². The topological polar surface area (TPSA) is 77.1 Å². The average Bonchev–Trinajstić information content (AvgIpc) is 3.17. The van der Waals surface area contributed by atoms with E-state index < -0.39 is 0 Å². The highest BCUT2D eigenvalue weighted by atomic mass is 35.5. The maximum atomic E-state index is 13.6. The first kappa shape index (κ1) is 21.7. The number of para-hydroxylation sites is 1. The molecule has 2 aromatic heterocycles. The Morgan fingerprint density at radius 1 is 1.15 bits per heavy atom. The summed E-state index contributed by atoms with van der Waals surface area (Å²) in [7, 11) is 0. The number of nitrogens with zero attached hydrogens (tertiary/aromatic N) is 2. The van der Waals surface area contributed by atoms with Crippen LogP contribution in [0, 0.1) is 19.8 Å². The van der Waals surface area contributed by atoms with Crippen molar-refractivity contribution in [1.29, 1.82) is 0 Å². The van der Waals surface area contributed by atoms with Crippen molar-refractivity contribution in [3.63, 3.8) is 0 Å². The molecule has 33 heavy (non-hydrogen) atoms.